The number of alkyl carbamates (subject to hydrolysis) is 1. The molecule has 9 heteroatoms. The Labute approximate surface area is 192 Å². The highest BCUT2D eigenvalue weighted by Crippen LogP contribution is 2.31. The molecule has 2 rings (SSSR count). The molecule has 0 aliphatic heterocycles. The molecule has 8 nitrogen and oxygen atoms in total. The van der Waals surface area contributed by atoms with Crippen molar-refractivity contribution >= 4 is 23.7 Å². The summed E-state index contributed by atoms with van der Waals surface area (Å²) in [5, 5.41) is 3.11. The number of benzene rings is 2. The van der Waals surface area contributed by atoms with Crippen molar-refractivity contribution in [3.05, 3.63) is 64.2 Å². The largest absolute Gasteiger partial charge is 0.493 e. The lowest BCUT2D eigenvalue weighted by atomic mass is 9.99. The summed E-state index contributed by atoms with van der Waals surface area (Å²) in [5.74, 6) is 0.00751. The molecular formula is C23H28ClNO7. The van der Waals surface area contributed by atoms with Crippen molar-refractivity contribution in [2.24, 2.45) is 0 Å². The third-order valence-electron chi connectivity index (χ3n) is 4.41. The molecule has 2 aromatic rings. The van der Waals surface area contributed by atoms with Gasteiger partial charge in [0.15, 0.2) is 0 Å². The van der Waals surface area contributed by atoms with Crippen LogP contribution in [0.1, 0.15) is 34.0 Å². The lowest BCUT2D eigenvalue weighted by Crippen LogP contribution is -2.27. The number of hydrogen-bond donors (Lipinski definition) is 1. The number of hydrogen-bond acceptors (Lipinski definition) is 7. The van der Waals surface area contributed by atoms with E-state index >= 15 is 0 Å². The Kier molecular flexibility index (Phi) is 10.8. The summed E-state index contributed by atoms with van der Waals surface area (Å²) in [6.45, 7) is 1.41. The first-order chi connectivity index (χ1) is 15.5. The summed E-state index contributed by atoms with van der Waals surface area (Å²) in [6.07, 6.45) is -0.423. The van der Waals surface area contributed by atoms with Gasteiger partial charge in [-0.25, -0.2) is 9.59 Å². The quantitative estimate of drug-likeness (QED) is 0.374. The van der Waals surface area contributed by atoms with Crippen LogP contribution < -0.4 is 10.1 Å². The molecule has 0 heterocycles. The third-order valence-corrected chi connectivity index (χ3v) is 4.64. The van der Waals surface area contributed by atoms with Gasteiger partial charge in [-0.05, 0) is 41.5 Å². The predicted octanol–water partition coefficient (Wildman–Crippen LogP) is 4.00. The molecule has 1 amide bonds. The van der Waals surface area contributed by atoms with Crippen LogP contribution in [0.3, 0.4) is 0 Å². The number of esters is 1. The van der Waals surface area contributed by atoms with Crippen LogP contribution >= 0.6 is 11.6 Å². The zero-order valence-corrected chi connectivity index (χ0v) is 19.1. The summed E-state index contributed by atoms with van der Waals surface area (Å²) in [5.41, 5.74) is 1.79. The van der Waals surface area contributed by atoms with E-state index in [1.165, 1.54) is 14.2 Å². The first-order valence-corrected chi connectivity index (χ1v) is 10.4. The highest BCUT2D eigenvalue weighted by atomic mass is 35.5. The monoisotopic (exact) mass is 465 g/mol. The number of halogens is 1. The summed E-state index contributed by atoms with van der Waals surface area (Å²) in [6, 6.07) is 12.3. The van der Waals surface area contributed by atoms with E-state index in [4.69, 9.17) is 30.5 Å². The van der Waals surface area contributed by atoms with E-state index in [-0.39, 0.29) is 13.2 Å². The molecule has 174 valence electrons. The second kappa shape index (κ2) is 13.6. The van der Waals surface area contributed by atoms with Crippen molar-refractivity contribution < 1.29 is 33.3 Å². The van der Waals surface area contributed by atoms with Crippen molar-refractivity contribution in [3.8, 4) is 5.75 Å². The molecule has 0 fully saturated rings. The fraction of sp³-hybridized carbons (Fsp3) is 0.391. The van der Waals surface area contributed by atoms with Crippen LogP contribution in [0, 0.1) is 0 Å². The molecule has 1 N–H and O–H groups in total. The smallest absolute Gasteiger partial charge is 0.406 e. The number of nitrogens with one attached hydrogen (secondary N) is 1. The van der Waals surface area contributed by atoms with Gasteiger partial charge in [0, 0.05) is 31.7 Å². The summed E-state index contributed by atoms with van der Waals surface area (Å²) in [4.78, 5) is 23.6. The number of rotatable bonds is 12. The minimum atomic E-state index is -0.570. The Balaban J connectivity index is 2.33. The SMILES string of the molecule is COCCCOc1cc(C(=O)OC)cc(C(OCCNC(=O)OC)c2cccc(Cl)c2)c1. The van der Waals surface area contributed by atoms with Gasteiger partial charge in [0.05, 0.1) is 33.0 Å². The fourth-order valence-corrected chi connectivity index (χ4v) is 3.14. The van der Waals surface area contributed by atoms with Gasteiger partial charge in [-0.2, -0.15) is 0 Å². The molecule has 1 atom stereocenters. The van der Waals surface area contributed by atoms with E-state index in [1.54, 1.807) is 37.4 Å². The van der Waals surface area contributed by atoms with Crippen LogP contribution in [-0.4, -0.2) is 59.8 Å². The molecular weight excluding hydrogens is 438 g/mol. The van der Waals surface area contributed by atoms with Gasteiger partial charge in [0.2, 0.25) is 0 Å². The predicted molar refractivity (Wildman–Crippen MR) is 119 cm³/mol. The van der Waals surface area contributed by atoms with E-state index in [0.717, 1.165) is 5.56 Å². The van der Waals surface area contributed by atoms with Crippen molar-refractivity contribution in [3.63, 3.8) is 0 Å². The van der Waals surface area contributed by atoms with Crippen LogP contribution in [0.4, 0.5) is 4.79 Å². The van der Waals surface area contributed by atoms with Crippen molar-refractivity contribution in [2.75, 3.05) is 47.7 Å². The molecule has 0 aromatic heterocycles. The van der Waals surface area contributed by atoms with Crippen molar-refractivity contribution in [2.45, 2.75) is 12.5 Å². The maximum atomic E-state index is 12.3. The molecule has 0 saturated heterocycles. The Hall–Kier alpha value is -2.81. The first kappa shape index (κ1) is 25.5. The second-order valence-corrected chi connectivity index (χ2v) is 7.14. The fourth-order valence-electron chi connectivity index (χ4n) is 2.94. The number of methoxy groups -OCH3 is 3. The number of ether oxygens (including phenoxy) is 5. The van der Waals surface area contributed by atoms with Gasteiger partial charge in [-0.1, -0.05) is 23.7 Å². The van der Waals surface area contributed by atoms with Crippen LogP contribution in [0.15, 0.2) is 42.5 Å². The van der Waals surface area contributed by atoms with Crippen LogP contribution in [0.25, 0.3) is 0 Å². The average molecular weight is 466 g/mol. The molecule has 2 aromatic carbocycles. The molecule has 0 bridgehead atoms. The minimum Gasteiger partial charge on any atom is -0.493 e. The lowest BCUT2D eigenvalue weighted by molar-refractivity contribution is 0.0598. The van der Waals surface area contributed by atoms with Gasteiger partial charge in [-0.3, -0.25) is 0 Å². The minimum absolute atomic E-state index is 0.193. The third kappa shape index (κ3) is 8.03. The highest BCUT2D eigenvalue weighted by Gasteiger charge is 2.20. The van der Waals surface area contributed by atoms with Gasteiger partial charge in [0.1, 0.15) is 11.9 Å². The Morgan fingerprint density at radius 1 is 0.969 bits per heavy atom. The number of carbonyl (C=O) groups is 2. The second-order valence-electron chi connectivity index (χ2n) is 6.70. The molecule has 1 unspecified atom stereocenters. The summed E-state index contributed by atoms with van der Waals surface area (Å²) >= 11 is 6.19. The lowest BCUT2D eigenvalue weighted by Gasteiger charge is -2.21. The zero-order valence-electron chi connectivity index (χ0n) is 18.4. The normalized spacial score (nSPS) is 11.5. The van der Waals surface area contributed by atoms with Crippen LogP contribution in [0.5, 0.6) is 5.75 Å². The Morgan fingerprint density at radius 3 is 2.47 bits per heavy atom. The average Bonchev–Trinajstić information content (AvgIpc) is 2.80. The van der Waals surface area contributed by atoms with E-state index < -0.39 is 18.2 Å². The number of carbonyl (C=O) groups excluding carboxylic acids is 2. The Bertz CT molecular complexity index is 890. The van der Waals surface area contributed by atoms with Crippen molar-refractivity contribution in [1.29, 1.82) is 0 Å². The van der Waals surface area contributed by atoms with E-state index in [0.29, 0.717) is 41.5 Å². The molecule has 0 radical (unpaired) electrons. The maximum absolute atomic E-state index is 12.3. The van der Waals surface area contributed by atoms with Gasteiger partial charge >= 0.3 is 12.1 Å². The van der Waals surface area contributed by atoms with E-state index in [9.17, 15) is 9.59 Å². The van der Waals surface area contributed by atoms with E-state index in [1.807, 2.05) is 12.1 Å². The first-order valence-electron chi connectivity index (χ1n) is 10.0. The summed E-state index contributed by atoms with van der Waals surface area (Å²) in [7, 11) is 4.23. The van der Waals surface area contributed by atoms with Gasteiger partial charge < -0.3 is 29.0 Å². The Morgan fingerprint density at radius 2 is 1.78 bits per heavy atom. The van der Waals surface area contributed by atoms with Gasteiger partial charge in [0.25, 0.3) is 0 Å². The molecule has 0 saturated carbocycles. The molecule has 32 heavy (non-hydrogen) atoms. The highest BCUT2D eigenvalue weighted by molar-refractivity contribution is 6.30. The summed E-state index contributed by atoms with van der Waals surface area (Å²) < 4.78 is 26.4. The topological polar surface area (TPSA) is 92.3 Å². The van der Waals surface area contributed by atoms with Crippen LogP contribution in [-0.2, 0) is 18.9 Å². The zero-order chi connectivity index (χ0) is 23.3. The number of amides is 1. The standard InChI is InChI=1S/C23H28ClNO7/c1-28-9-5-10-31-20-14-17(12-18(15-20)22(26)29-2)21(16-6-4-7-19(24)13-16)32-11-8-25-23(27)30-3/h4,6-7,12-15,21H,5,8-11H2,1-3H3,(H,25,27). The maximum Gasteiger partial charge on any atom is 0.406 e. The molecule has 0 spiro atoms. The molecule has 0 aliphatic rings. The molecule has 0 aliphatic carbocycles. The van der Waals surface area contributed by atoms with Gasteiger partial charge in [-0.15, -0.1) is 0 Å². The van der Waals surface area contributed by atoms with Crippen molar-refractivity contribution in [1.82, 2.24) is 5.32 Å². The van der Waals surface area contributed by atoms with E-state index in [2.05, 4.69) is 10.1 Å². The van der Waals surface area contributed by atoms with Crippen LogP contribution in [0.2, 0.25) is 5.02 Å².